The molecule has 9 heteroatoms. The second-order valence-corrected chi connectivity index (χ2v) is 9.36. The molecule has 1 N–H and O–H groups in total. The Morgan fingerprint density at radius 2 is 1.93 bits per heavy atom. The van der Waals surface area contributed by atoms with Gasteiger partial charge in [0, 0.05) is 7.05 Å². The number of hydrogen-bond acceptors (Lipinski definition) is 5. The zero-order valence-corrected chi connectivity index (χ0v) is 20.7. The van der Waals surface area contributed by atoms with Gasteiger partial charge in [0.25, 0.3) is 5.91 Å². The van der Waals surface area contributed by atoms with Gasteiger partial charge in [0.2, 0.25) is 0 Å². The van der Waals surface area contributed by atoms with Crippen molar-refractivity contribution < 1.29 is 19.4 Å². The fourth-order valence-corrected chi connectivity index (χ4v) is 5.62. The zero-order valence-electron chi connectivity index (χ0n) is 15.6. The summed E-state index contributed by atoms with van der Waals surface area (Å²) in [6.07, 6.45) is 7.08. The average molecular weight is 644 g/mol. The molecule has 1 aliphatic rings. The van der Waals surface area contributed by atoms with Crippen molar-refractivity contribution in [1.29, 1.82) is 0 Å². The summed E-state index contributed by atoms with van der Waals surface area (Å²) < 4.78 is 7.38. The van der Waals surface area contributed by atoms with Crippen molar-refractivity contribution in [3.8, 4) is 18.1 Å². The number of amidine groups is 1. The Bertz CT molecular complexity index is 1100. The highest BCUT2D eigenvalue weighted by molar-refractivity contribution is 14.1. The van der Waals surface area contributed by atoms with Gasteiger partial charge < -0.3 is 9.84 Å². The lowest BCUT2D eigenvalue weighted by Crippen LogP contribution is -2.23. The molecule has 152 valence electrons. The molecule has 0 unspecified atom stereocenters. The van der Waals surface area contributed by atoms with Crippen molar-refractivity contribution >= 4 is 85.8 Å². The minimum Gasteiger partial charge on any atom is -0.479 e. The molecule has 30 heavy (non-hydrogen) atoms. The SMILES string of the molecule is C#CCOc1c(I)cc(/C=C2\SC(=Nc3ccc(C(=O)O)cc3)N(C)C2=O)cc1I. The van der Waals surface area contributed by atoms with E-state index in [1.54, 1.807) is 19.2 Å². The normalized spacial score (nSPS) is 16.2. The number of likely N-dealkylation sites (N-methyl/N-ethyl adjacent to an activating group) is 1. The zero-order chi connectivity index (χ0) is 21.8. The molecule has 0 atom stereocenters. The third kappa shape index (κ3) is 5.16. The van der Waals surface area contributed by atoms with Gasteiger partial charge in [0.15, 0.2) is 5.17 Å². The van der Waals surface area contributed by atoms with E-state index >= 15 is 0 Å². The van der Waals surface area contributed by atoms with E-state index in [0.717, 1.165) is 18.5 Å². The van der Waals surface area contributed by atoms with Gasteiger partial charge in [0.1, 0.15) is 12.4 Å². The van der Waals surface area contributed by atoms with Crippen LogP contribution < -0.4 is 4.74 Å². The molecule has 0 spiro atoms. The van der Waals surface area contributed by atoms with Crippen LogP contribution >= 0.6 is 56.9 Å². The summed E-state index contributed by atoms with van der Waals surface area (Å²) in [7, 11) is 1.66. The minimum atomic E-state index is -0.998. The molecular formula is C21H14I2N2O4S. The molecule has 2 aromatic rings. The van der Waals surface area contributed by atoms with Crippen molar-refractivity contribution in [1.82, 2.24) is 4.90 Å². The molecule has 1 aliphatic heterocycles. The maximum Gasteiger partial charge on any atom is 0.335 e. The van der Waals surface area contributed by atoms with Crippen LogP contribution in [0.25, 0.3) is 6.08 Å². The lowest BCUT2D eigenvalue weighted by atomic mass is 10.2. The first-order valence-corrected chi connectivity index (χ1v) is 11.4. The second kappa shape index (κ2) is 9.84. The number of rotatable bonds is 5. The van der Waals surface area contributed by atoms with Crippen LogP contribution in [0.2, 0.25) is 0 Å². The van der Waals surface area contributed by atoms with Crippen LogP contribution in [0.15, 0.2) is 46.3 Å². The number of benzene rings is 2. The summed E-state index contributed by atoms with van der Waals surface area (Å²) in [5.41, 5.74) is 1.62. The number of carbonyl (C=O) groups excluding carboxylic acids is 1. The Kier molecular flexibility index (Phi) is 7.43. The summed E-state index contributed by atoms with van der Waals surface area (Å²) in [5, 5.41) is 9.51. The number of carbonyl (C=O) groups is 2. The highest BCUT2D eigenvalue weighted by Gasteiger charge is 2.30. The highest BCUT2D eigenvalue weighted by atomic mass is 127. The molecule has 0 bridgehead atoms. The van der Waals surface area contributed by atoms with Gasteiger partial charge in [0.05, 0.1) is 23.3 Å². The van der Waals surface area contributed by atoms with E-state index in [9.17, 15) is 9.59 Å². The third-order valence-corrected chi connectivity index (χ3v) is 6.62. The van der Waals surface area contributed by atoms with E-state index < -0.39 is 5.97 Å². The molecule has 0 saturated carbocycles. The topological polar surface area (TPSA) is 79.2 Å². The molecular weight excluding hydrogens is 630 g/mol. The standard InChI is InChI=1S/C21H14I2N2O4S/c1-3-8-29-18-15(22)9-12(10-16(18)23)11-17-19(26)25(2)21(30-17)24-14-6-4-13(5-7-14)20(27)28/h1,4-7,9-11H,8H2,2H3,(H,27,28)/b17-11-,24-21?. The van der Waals surface area contributed by atoms with Crippen LogP contribution in [0.3, 0.4) is 0 Å². The number of carboxylic acids is 1. The van der Waals surface area contributed by atoms with Crippen LogP contribution in [-0.4, -0.2) is 40.7 Å². The summed E-state index contributed by atoms with van der Waals surface area (Å²) in [6, 6.07) is 10.0. The van der Waals surface area contributed by atoms with Crippen molar-refractivity contribution in [2.75, 3.05) is 13.7 Å². The van der Waals surface area contributed by atoms with Gasteiger partial charge in [-0.15, -0.1) is 6.42 Å². The highest BCUT2D eigenvalue weighted by Crippen LogP contribution is 2.35. The van der Waals surface area contributed by atoms with E-state index in [2.05, 4.69) is 56.1 Å². The van der Waals surface area contributed by atoms with E-state index in [4.69, 9.17) is 16.3 Å². The maximum atomic E-state index is 12.7. The molecule has 1 amide bonds. The summed E-state index contributed by atoms with van der Waals surface area (Å²) in [5.74, 6) is 2.03. The van der Waals surface area contributed by atoms with Gasteiger partial charge >= 0.3 is 5.97 Å². The summed E-state index contributed by atoms with van der Waals surface area (Å²) in [4.78, 5) is 30.1. The Morgan fingerprint density at radius 3 is 2.50 bits per heavy atom. The first-order valence-electron chi connectivity index (χ1n) is 8.45. The lowest BCUT2D eigenvalue weighted by Gasteiger charge is -2.09. The van der Waals surface area contributed by atoms with Crippen molar-refractivity contribution in [3.63, 3.8) is 0 Å². The monoisotopic (exact) mass is 644 g/mol. The van der Waals surface area contributed by atoms with Gasteiger partial charge in [-0.1, -0.05) is 5.92 Å². The quantitative estimate of drug-likeness (QED) is 0.287. The number of carboxylic acid groups (broad SMARTS) is 1. The van der Waals surface area contributed by atoms with Crippen LogP contribution in [-0.2, 0) is 4.79 Å². The summed E-state index contributed by atoms with van der Waals surface area (Å²) in [6.45, 7) is 0.193. The predicted molar refractivity (Wildman–Crippen MR) is 135 cm³/mol. The van der Waals surface area contributed by atoms with Crippen LogP contribution in [0, 0.1) is 19.5 Å². The number of amides is 1. The fourth-order valence-electron chi connectivity index (χ4n) is 2.51. The van der Waals surface area contributed by atoms with Crippen LogP contribution in [0.1, 0.15) is 15.9 Å². The van der Waals surface area contributed by atoms with Crippen molar-refractivity contribution in [2.45, 2.75) is 0 Å². The first-order chi connectivity index (χ1) is 14.3. The van der Waals surface area contributed by atoms with E-state index in [1.807, 2.05) is 18.2 Å². The number of nitrogens with zero attached hydrogens (tertiary/aromatic N) is 2. The molecule has 1 heterocycles. The van der Waals surface area contributed by atoms with E-state index in [1.165, 1.54) is 28.8 Å². The van der Waals surface area contributed by atoms with Gasteiger partial charge in [-0.05, 0) is 105 Å². The molecule has 0 radical (unpaired) electrons. The molecule has 1 saturated heterocycles. The third-order valence-electron chi connectivity index (χ3n) is 3.96. The summed E-state index contributed by atoms with van der Waals surface area (Å²) >= 11 is 5.62. The Hall–Kier alpha value is -2.04. The number of aliphatic imine (C=N–C) groups is 1. The van der Waals surface area contributed by atoms with Gasteiger partial charge in [-0.2, -0.15) is 0 Å². The van der Waals surface area contributed by atoms with Crippen molar-refractivity contribution in [2.24, 2.45) is 4.99 Å². The molecule has 1 fully saturated rings. The maximum absolute atomic E-state index is 12.7. The number of hydrogen-bond donors (Lipinski definition) is 1. The van der Waals surface area contributed by atoms with Crippen LogP contribution in [0.5, 0.6) is 5.75 Å². The average Bonchev–Trinajstić information content (AvgIpc) is 2.95. The number of thioether (sulfide) groups is 1. The Labute approximate surface area is 205 Å². The van der Waals surface area contributed by atoms with Crippen LogP contribution in [0.4, 0.5) is 5.69 Å². The number of terminal acetylenes is 1. The predicted octanol–water partition coefficient (Wildman–Crippen LogP) is 4.84. The first kappa shape index (κ1) is 22.6. The van der Waals surface area contributed by atoms with Crippen molar-refractivity contribution in [3.05, 3.63) is 59.6 Å². The second-order valence-electron chi connectivity index (χ2n) is 6.03. The Morgan fingerprint density at radius 1 is 1.30 bits per heavy atom. The smallest absolute Gasteiger partial charge is 0.335 e. The van der Waals surface area contributed by atoms with E-state index in [-0.39, 0.29) is 18.1 Å². The van der Waals surface area contributed by atoms with Gasteiger partial charge in [-0.25, -0.2) is 9.79 Å². The molecule has 3 rings (SSSR count). The largest absolute Gasteiger partial charge is 0.479 e. The Balaban J connectivity index is 1.86. The van der Waals surface area contributed by atoms with Gasteiger partial charge in [-0.3, -0.25) is 9.69 Å². The number of halogens is 2. The van der Waals surface area contributed by atoms with E-state index in [0.29, 0.717) is 15.8 Å². The lowest BCUT2D eigenvalue weighted by molar-refractivity contribution is -0.121. The number of aromatic carboxylic acids is 1. The minimum absolute atomic E-state index is 0.154. The molecule has 6 nitrogen and oxygen atoms in total. The molecule has 0 aliphatic carbocycles. The number of ether oxygens (including phenoxy) is 1. The molecule has 0 aromatic heterocycles. The fraction of sp³-hybridized carbons (Fsp3) is 0.0952. The molecule has 2 aromatic carbocycles.